The number of rotatable bonds is 6. The van der Waals surface area contributed by atoms with Gasteiger partial charge in [0.05, 0.1) is 34.6 Å². The zero-order chi connectivity index (χ0) is 24.9. The number of hydrogen-bond donors (Lipinski definition) is 2. The summed E-state index contributed by atoms with van der Waals surface area (Å²) in [5, 5.41) is 15.2. The van der Waals surface area contributed by atoms with Gasteiger partial charge in [-0.2, -0.15) is 9.40 Å². The van der Waals surface area contributed by atoms with Crippen molar-refractivity contribution in [1.29, 1.82) is 0 Å². The van der Waals surface area contributed by atoms with Crippen LogP contribution >= 0.6 is 11.6 Å². The quantitative estimate of drug-likeness (QED) is 0.520. The van der Waals surface area contributed by atoms with Gasteiger partial charge in [-0.15, -0.1) is 0 Å². The molecule has 1 fully saturated rings. The fourth-order valence-electron chi connectivity index (χ4n) is 5.04. The van der Waals surface area contributed by atoms with Crippen LogP contribution in [0.2, 0.25) is 5.02 Å². The van der Waals surface area contributed by atoms with E-state index in [1.165, 1.54) is 22.6 Å². The second-order valence-electron chi connectivity index (χ2n) is 8.84. The number of nitrogens with one attached hydrogen (secondary N) is 1. The van der Waals surface area contributed by atoms with E-state index < -0.39 is 28.1 Å². The number of aromatic amines is 1. The Balaban J connectivity index is 1.68. The molecule has 9 nitrogen and oxygen atoms in total. The largest absolute Gasteiger partial charge is 0.481 e. The number of carboxylic acid groups (broad SMARTS) is 1. The molecule has 0 bridgehead atoms. The Kier molecular flexibility index (Phi) is 5.90. The van der Waals surface area contributed by atoms with Crippen LogP contribution in [0.3, 0.4) is 0 Å². The zero-order valence-electron chi connectivity index (χ0n) is 18.8. The number of pyridine rings is 1. The lowest BCUT2D eigenvalue weighted by molar-refractivity contribution is -0.136. The minimum atomic E-state index is -3.96. The summed E-state index contributed by atoms with van der Waals surface area (Å²) < 4.78 is 30.6. The number of nitrogens with zero attached hydrogens (tertiary/aromatic N) is 3. The van der Waals surface area contributed by atoms with E-state index in [0.29, 0.717) is 28.0 Å². The summed E-state index contributed by atoms with van der Waals surface area (Å²) in [6, 6.07) is 6.66. The van der Waals surface area contributed by atoms with Crippen LogP contribution in [-0.4, -0.2) is 51.1 Å². The minimum absolute atomic E-state index is 0.00235. The first kappa shape index (κ1) is 23.5. The molecule has 3 heterocycles. The maximum atomic E-state index is 13.7. The van der Waals surface area contributed by atoms with Crippen molar-refractivity contribution in [2.75, 3.05) is 6.54 Å². The number of aliphatic carboxylic acids is 1. The molecule has 1 aromatic carbocycles. The standard InChI is InChI=1S/C24H23ClN4O5S/c1-14-13-28(35(33,34)17-7-9-21(30)26-12-17)24(15-4-2-3-5-15)23(14)29-20-10-16(25)6-8-18(20)19(27-29)11-22(31)32/h2,4-10,12,14,23-24H,3,11,13H2,1H3,(H,26,30)(H,31,32)/t14-,23-,24?/m1/s1. The number of carbonyl (C=O) groups is 1. The predicted octanol–water partition coefficient (Wildman–Crippen LogP) is 3.14. The number of hydrogen-bond acceptors (Lipinski definition) is 5. The van der Waals surface area contributed by atoms with Gasteiger partial charge in [-0.3, -0.25) is 14.3 Å². The van der Waals surface area contributed by atoms with Gasteiger partial charge in [-0.25, -0.2) is 8.42 Å². The molecule has 35 heavy (non-hydrogen) atoms. The third kappa shape index (κ3) is 4.11. The lowest BCUT2D eigenvalue weighted by atomic mass is 9.95. The summed E-state index contributed by atoms with van der Waals surface area (Å²) in [6.07, 6.45) is 7.51. The monoisotopic (exact) mass is 514 g/mol. The highest BCUT2D eigenvalue weighted by Gasteiger charge is 2.49. The summed E-state index contributed by atoms with van der Waals surface area (Å²) >= 11 is 6.29. The molecule has 0 amide bonds. The maximum absolute atomic E-state index is 13.7. The molecule has 0 spiro atoms. The summed E-state index contributed by atoms with van der Waals surface area (Å²) in [5.74, 6) is -1.17. The highest BCUT2D eigenvalue weighted by molar-refractivity contribution is 7.89. The van der Waals surface area contributed by atoms with Crippen molar-refractivity contribution in [1.82, 2.24) is 19.1 Å². The molecule has 1 saturated heterocycles. The van der Waals surface area contributed by atoms with Gasteiger partial charge in [0.25, 0.3) is 0 Å². The fraction of sp³-hybridized carbons (Fsp3) is 0.292. The van der Waals surface area contributed by atoms with Crippen molar-refractivity contribution in [3.63, 3.8) is 0 Å². The van der Waals surface area contributed by atoms with Crippen LogP contribution in [0.5, 0.6) is 0 Å². The highest BCUT2D eigenvalue weighted by Crippen LogP contribution is 2.43. The number of aromatic nitrogens is 3. The van der Waals surface area contributed by atoms with Gasteiger partial charge >= 0.3 is 5.97 Å². The third-order valence-corrected chi connectivity index (χ3v) is 8.61. The molecule has 3 aromatic rings. The lowest BCUT2D eigenvalue weighted by Gasteiger charge is -2.29. The van der Waals surface area contributed by atoms with Gasteiger partial charge in [-0.1, -0.05) is 36.8 Å². The molecule has 5 rings (SSSR count). The second-order valence-corrected chi connectivity index (χ2v) is 11.2. The first-order valence-corrected chi connectivity index (χ1v) is 12.9. The van der Waals surface area contributed by atoms with Crippen molar-refractivity contribution in [2.45, 2.75) is 36.7 Å². The van der Waals surface area contributed by atoms with Crippen molar-refractivity contribution < 1.29 is 18.3 Å². The number of fused-ring (bicyclic) bond motifs is 1. The predicted molar refractivity (Wildman–Crippen MR) is 131 cm³/mol. The van der Waals surface area contributed by atoms with Crippen LogP contribution in [0.4, 0.5) is 0 Å². The number of carboxylic acids is 1. The van der Waals surface area contributed by atoms with E-state index in [4.69, 9.17) is 11.6 Å². The molecule has 2 aromatic heterocycles. The number of halogens is 1. The van der Waals surface area contributed by atoms with Crippen LogP contribution in [0, 0.1) is 5.92 Å². The minimum Gasteiger partial charge on any atom is -0.481 e. The second kappa shape index (κ2) is 8.78. The fourth-order valence-corrected chi connectivity index (χ4v) is 6.90. The molecule has 2 N–H and O–H groups in total. The molecule has 0 radical (unpaired) electrons. The van der Waals surface area contributed by atoms with Gasteiger partial charge in [0.15, 0.2) is 0 Å². The van der Waals surface area contributed by atoms with Crippen molar-refractivity contribution in [3.05, 3.63) is 81.4 Å². The SMILES string of the molecule is C[C@@H]1CN(S(=O)(=O)c2ccc(=O)[nH]c2)C(C2=CCC=C2)[C@@H]1n1nc(CC(=O)O)c2ccc(Cl)cc21. The smallest absolute Gasteiger partial charge is 0.309 e. The number of benzene rings is 1. The van der Waals surface area contributed by atoms with E-state index in [9.17, 15) is 23.1 Å². The number of allylic oxidation sites excluding steroid dienone is 2. The average Bonchev–Trinajstić information content (AvgIpc) is 3.51. The Morgan fingerprint density at radius 2 is 2.09 bits per heavy atom. The molecule has 1 unspecified atom stereocenters. The van der Waals surface area contributed by atoms with E-state index >= 15 is 0 Å². The van der Waals surface area contributed by atoms with E-state index in [0.717, 1.165) is 5.57 Å². The summed E-state index contributed by atoms with van der Waals surface area (Å²) in [7, 11) is -3.96. The van der Waals surface area contributed by atoms with E-state index in [1.54, 1.807) is 22.9 Å². The first-order chi connectivity index (χ1) is 16.7. The van der Waals surface area contributed by atoms with E-state index in [1.807, 2.05) is 25.2 Å². The zero-order valence-corrected chi connectivity index (χ0v) is 20.3. The summed E-state index contributed by atoms with van der Waals surface area (Å²) in [4.78, 5) is 25.5. The molecular weight excluding hydrogens is 492 g/mol. The van der Waals surface area contributed by atoms with Crippen LogP contribution in [0.15, 0.2) is 70.0 Å². The third-order valence-electron chi connectivity index (χ3n) is 6.54. The Labute approximate surface area is 206 Å². The molecule has 182 valence electrons. The van der Waals surface area contributed by atoms with Gasteiger partial charge in [0.2, 0.25) is 15.6 Å². The molecule has 1 aliphatic heterocycles. The summed E-state index contributed by atoms with van der Waals surface area (Å²) in [5.41, 5.74) is 1.51. The Morgan fingerprint density at radius 3 is 2.74 bits per heavy atom. The van der Waals surface area contributed by atoms with Gasteiger partial charge in [-0.05, 0) is 42.2 Å². The topological polar surface area (TPSA) is 125 Å². The Hall–Kier alpha value is -3.21. The maximum Gasteiger partial charge on any atom is 0.309 e. The van der Waals surface area contributed by atoms with Crippen LogP contribution < -0.4 is 5.56 Å². The van der Waals surface area contributed by atoms with Crippen LogP contribution in [-0.2, 0) is 21.2 Å². The molecular formula is C24H23ClN4O5S. The molecule has 0 saturated carbocycles. The van der Waals surface area contributed by atoms with Crippen molar-refractivity contribution >= 4 is 38.5 Å². The average molecular weight is 515 g/mol. The number of H-pyrrole nitrogens is 1. The number of sulfonamides is 1. The van der Waals surface area contributed by atoms with Crippen LogP contribution in [0.25, 0.3) is 10.9 Å². The summed E-state index contributed by atoms with van der Waals surface area (Å²) in [6.45, 7) is 2.17. The molecule has 1 aliphatic carbocycles. The van der Waals surface area contributed by atoms with E-state index in [-0.39, 0.29) is 29.3 Å². The van der Waals surface area contributed by atoms with Crippen molar-refractivity contribution in [2.24, 2.45) is 5.92 Å². The molecule has 3 atom stereocenters. The first-order valence-electron chi connectivity index (χ1n) is 11.1. The Bertz CT molecular complexity index is 1540. The highest BCUT2D eigenvalue weighted by atomic mass is 35.5. The van der Waals surface area contributed by atoms with Crippen LogP contribution in [0.1, 0.15) is 25.1 Å². The van der Waals surface area contributed by atoms with E-state index in [2.05, 4.69) is 10.1 Å². The molecule has 2 aliphatic rings. The molecule has 11 heteroatoms. The van der Waals surface area contributed by atoms with Gasteiger partial charge in [0, 0.05) is 29.2 Å². The lowest BCUT2D eigenvalue weighted by Crippen LogP contribution is -2.39. The van der Waals surface area contributed by atoms with Gasteiger partial charge in [0.1, 0.15) is 0 Å². The Morgan fingerprint density at radius 1 is 1.29 bits per heavy atom. The normalized spacial score (nSPS) is 22.7. The van der Waals surface area contributed by atoms with Gasteiger partial charge < -0.3 is 10.1 Å². The van der Waals surface area contributed by atoms with Crippen molar-refractivity contribution in [3.8, 4) is 0 Å².